The maximum Gasteiger partial charge on any atom is 0.247 e. The molecule has 6 heteroatoms. The van der Waals surface area contributed by atoms with Crippen LogP contribution in [0.15, 0.2) is 16.6 Å². The van der Waals surface area contributed by atoms with Crippen LogP contribution in [0.3, 0.4) is 0 Å². The second-order valence-corrected chi connectivity index (χ2v) is 6.12. The molecule has 104 valence electrons. The van der Waals surface area contributed by atoms with Crippen molar-refractivity contribution in [3.8, 4) is 0 Å². The second kappa shape index (κ2) is 4.67. The first-order valence-corrected chi connectivity index (χ1v) is 6.82. The number of nitrogens with two attached hydrogens (primary N) is 1. The molecule has 1 heterocycles. The fraction of sp³-hybridized carbons (Fsp3) is 0.462. The van der Waals surface area contributed by atoms with Gasteiger partial charge in [0.1, 0.15) is 11.4 Å². The summed E-state index contributed by atoms with van der Waals surface area (Å²) in [6, 6.07) is 2.91. The van der Waals surface area contributed by atoms with Gasteiger partial charge < -0.3 is 15.5 Å². The van der Waals surface area contributed by atoms with Gasteiger partial charge in [-0.1, -0.05) is 0 Å². The summed E-state index contributed by atoms with van der Waals surface area (Å²) in [6.07, 6.45) is 0. The van der Waals surface area contributed by atoms with Crippen molar-refractivity contribution < 1.29 is 9.18 Å². The number of rotatable bonds is 1. The topological polar surface area (TPSA) is 49.6 Å². The molecule has 0 atom stereocenters. The van der Waals surface area contributed by atoms with Crippen molar-refractivity contribution in [3.63, 3.8) is 0 Å². The number of piperazine rings is 1. The molecule has 1 aromatic rings. The van der Waals surface area contributed by atoms with Crippen LogP contribution < -0.4 is 10.6 Å². The molecule has 2 rings (SSSR count). The van der Waals surface area contributed by atoms with Crippen LogP contribution >= 0.6 is 15.9 Å². The Labute approximate surface area is 120 Å². The van der Waals surface area contributed by atoms with Crippen LogP contribution in [0.4, 0.5) is 15.8 Å². The lowest BCUT2D eigenvalue weighted by atomic mass is 9.96. The zero-order chi connectivity index (χ0) is 14.4. The number of carbonyl (C=O) groups is 1. The first-order chi connectivity index (χ1) is 8.75. The van der Waals surface area contributed by atoms with E-state index in [0.29, 0.717) is 28.9 Å². The zero-order valence-corrected chi connectivity index (χ0v) is 12.8. The number of hydrogen-bond acceptors (Lipinski definition) is 3. The van der Waals surface area contributed by atoms with Crippen LogP contribution in [0, 0.1) is 5.82 Å². The molecule has 19 heavy (non-hydrogen) atoms. The molecular weight excluding hydrogens is 313 g/mol. The molecule has 1 aliphatic rings. The van der Waals surface area contributed by atoms with Crippen LogP contribution in [0.25, 0.3) is 0 Å². The Balaban J connectivity index is 2.47. The standard InChI is InChI=1S/C13H17BrFN3O/c1-13(2)12(19)17(3)4-5-18(13)11-6-8(14)9(15)7-10(11)16/h6-7H,4-5,16H2,1-3H3. The van der Waals surface area contributed by atoms with E-state index in [0.717, 1.165) is 0 Å². The summed E-state index contributed by atoms with van der Waals surface area (Å²) in [5.41, 5.74) is 6.22. The smallest absolute Gasteiger partial charge is 0.247 e. The summed E-state index contributed by atoms with van der Waals surface area (Å²) in [5.74, 6) is -0.377. The fourth-order valence-corrected chi connectivity index (χ4v) is 2.75. The van der Waals surface area contributed by atoms with Crippen LogP contribution in [0.5, 0.6) is 0 Å². The van der Waals surface area contributed by atoms with Gasteiger partial charge in [-0.25, -0.2) is 4.39 Å². The lowest BCUT2D eigenvalue weighted by Crippen LogP contribution is -2.62. The number of anilines is 2. The minimum atomic E-state index is -0.696. The predicted molar refractivity (Wildman–Crippen MR) is 77.6 cm³/mol. The van der Waals surface area contributed by atoms with E-state index < -0.39 is 11.4 Å². The van der Waals surface area contributed by atoms with Crippen molar-refractivity contribution in [3.05, 3.63) is 22.4 Å². The highest BCUT2D eigenvalue weighted by Crippen LogP contribution is 2.35. The van der Waals surface area contributed by atoms with Crippen LogP contribution in [-0.2, 0) is 4.79 Å². The monoisotopic (exact) mass is 329 g/mol. The SMILES string of the molecule is CN1CCN(c2cc(Br)c(F)cc2N)C(C)(C)C1=O. The first-order valence-electron chi connectivity index (χ1n) is 6.03. The van der Waals surface area contributed by atoms with Gasteiger partial charge in [0, 0.05) is 26.2 Å². The minimum Gasteiger partial charge on any atom is -0.397 e. The van der Waals surface area contributed by atoms with Crippen LogP contribution in [-0.4, -0.2) is 36.5 Å². The largest absolute Gasteiger partial charge is 0.397 e. The molecule has 4 nitrogen and oxygen atoms in total. The second-order valence-electron chi connectivity index (χ2n) is 5.26. The lowest BCUT2D eigenvalue weighted by Gasteiger charge is -2.46. The molecule has 1 saturated heterocycles. The summed E-state index contributed by atoms with van der Waals surface area (Å²) in [5, 5.41) is 0. The highest BCUT2D eigenvalue weighted by Gasteiger charge is 2.41. The molecule has 1 amide bonds. The summed E-state index contributed by atoms with van der Waals surface area (Å²) in [4.78, 5) is 15.9. The molecule has 0 bridgehead atoms. The first kappa shape index (κ1) is 14.1. The number of likely N-dealkylation sites (N-methyl/N-ethyl adjacent to an activating group) is 1. The maximum atomic E-state index is 13.4. The maximum absolute atomic E-state index is 13.4. The van der Waals surface area contributed by atoms with Gasteiger partial charge in [0.05, 0.1) is 15.8 Å². The van der Waals surface area contributed by atoms with Crippen molar-refractivity contribution >= 4 is 33.2 Å². The Kier molecular flexibility index (Phi) is 3.47. The van der Waals surface area contributed by atoms with Gasteiger partial charge in [-0.05, 0) is 35.8 Å². The Morgan fingerprint density at radius 2 is 2.00 bits per heavy atom. The quantitative estimate of drug-likeness (QED) is 0.804. The molecule has 0 spiro atoms. The molecule has 0 radical (unpaired) electrons. The van der Waals surface area contributed by atoms with Crippen molar-refractivity contribution in [1.29, 1.82) is 0 Å². The molecule has 0 aromatic heterocycles. The average Bonchev–Trinajstić information content (AvgIpc) is 2.32. The molecule has 0 aliphatic carbocycles. The zero-order valence-electron chi connectivity index (χ0n) is 11.2. The van der Waals surface area contributed by atoms with E-state index >= 15 is 0 Å². The Bertz CT molecular complexity index is 533. The summed E-state index contributed by atoms with van der Waals surface area (Å²) < 4.78 is 13.8. The molecule has 0 unspecified atom stereocenters. The van der Waals surface area contributed by atoms with Gasteiger partial charge in [-0.3, -0.25) is 4.79 Å². The van der Waals surface area contributed by atoms with Crippen LogP contribution in [0.1, 0.15) is 13.8 Å². The number of halogens is 2. The van der Waals surface area contributed by atoms with Gasteiger partial charge in [-0.2, -0.15) is 0 Å². The van der Waals surface area contributed by atoms with E-state index in [1.807, 2.05) is 18.7 Å². The van der Waals surface area contributed by atoms with E-state index in [-0.39, 0.29) is 5.91 Å². The summed E-state index contributed by atoms with van der Waals surface area (Å²) in [6.45, 7) is 4.98. The highest BCUT2D eigenvalue weighted by molar-refractivity contribution is 9.10. The van der Waals surface area contributed by atoms with Crippen molar-refractivity contribution in [2.24, 2.45) is 0 Å². The van der Waals surface area contributed by atoms with E-state index in [1.54, 1.807) is 18.0 Å². The lowest BCUT2D eigenvalue weighted by molar-refractivity contribution is -0.136. The summed E-state index contributed by atoms with van der Waals surface area (Å²) in [7, 11) is 1.78. The molecule has 1 aromatic carbocycles. The summed E-state index contributed by atoms with van der Waals surface area (Å²) >= 11 is 3.16. The van der Waals surface area contributed by atoms with Crippen molar-refractivity contribution in [2.45, 2.75) is 19.4 Å². The highest BCUT2D eigenvalue weighted by atomic mass is 79.9. The number of nitrogens with zero attached hydrogens (tertiary/aromatic N) is 2. The molecular formula is C13H17BrFN3O. The number of hydrogen-bond donors (Lipinski definition) is 1. The molecule has 0 saturated carbocycles. The minimum absolute atomic E-state index is 0.0265. The fourth-order valence-electron chi connectivity index (χ4n) is 2.42. The van der Waals surface area contributed by atoms with E-state index in [1.165, 1.54) is 6.07 Å². The van der Waals surface area contributed by atoms with Gasteiger partial charge in [0.2, 0.25) is 5.91 Å². The van der Waals surface area contributed by atoms with Crippen molar-refractivity contribution in [2.75, 3.05) is 30.8 Å². The van der Waals surface area contributed by atoms with Crippen LogP contribution in [0.2, 0.25) is 0 Å². The number of carbonyl (C=O) groups excluding carboxylic acids is 1. The third kappa shape index (κ3) is 2.29. The van der Waals surface area contributed by atoms with E-state index in [9.17, 15) is 9.18 Å². The average molecular weight is 330 g/mol. The molecule has 1 aliphatic heterocycles. The number of benzene rings is 1. The van der Waals surface area contributed by atoms with Gasteiger partial charge >= 0.3 is 0 Å². The van der Waals surface area contributed by atoms with Gasteiger partial charge in [0.15, 0.2) is 0 Å². The molecule has 1 fully saturated rings. The predicted octanol–water partition coefficient (Wildman–Crippen LogP) is 2.23. The van der Waals surface area contributed by atoms with E-state index in [4.69, 9.17) is 5.73 Å². The normalized spacial score (nSPS) is 18.9. The van der Waals surface area contributed by atoms with Gasteiger partial charge in [0.25, 0.3) is 0 Å². The number of amides is 1. The third-order valence-electron chi connectivity index (χ3n) is 3.56. The number of nitrogen functional groups attached to an aromatic ring is 1. The Morgan fingerprint density at radius 1 is 1.37 bits per heavy atom. The van der Waals surface area contributed by atoms with Gasteiger partial charge in [-0.15, -0.1) is 0 Å². The van der Waals surface area contributed by atoms with Crippen molar-refractivity contribution in [1.82, 2.24) is 4.90 Å². The van der Waals surface area contributed by atoms with E-state index in [2.05, 4.69) is 15.9 Å². The Morgan fingerprint density at radius 3 is 2.63 bits per heavy atom. The third-order valence-corrected chi connectivity index (χ3v) is 4.17. The molecule has 2 N–H and O–H groups in total. The Hall–Kier alpha value is -1.30.